The molecule has 0 spiro atoms. The first-order valence-electron chi connectivity index (χ1n) is 9.50. The highest BCUT2D eigenvalue weighted by molar-refractivity contribution is 14.1. The van der Waals surface area contributed by atoms with Gasteiger partial charge in [0.2, 0.25) is 0 Å². The summed E-state index contributed by atoms with van der Waals surface area (Å²) in [6.07, 6.45) is -3.53. The van der Waals surface area contributed by atoms with Crippen LogP contribution in [0.1, 0.15) is 53.2 Å². The minimum absolute atomic E-state index is 0.00436. The first-order valence-corrected chi connectivity index (χ1v) is 12.2. The molecule has 0 amide bonds. The summed E-state index contributed by atoms with van der Waals surface area (Å²) in [4.78, 5) is 26.1. The maximum absolute atomic E-state index is 12.6. The Morgan fingerprint density at radius 1 is 1.33 bits per heavy atom. The maximum Gasteiger partial charge on any atom is 0.359 e. The molecule has 1 fully saturated rings. The number of nitrogens with two attached hydrogens (primary N) is 1. The van der Waals surface area contributed by atoms with Gasteiger partial charge in [0.15, 0.2) is 11.6 Å². The molecule has 0 bridgehead atoms. The van der Waals surface area contributed by atoms with Gasteiger partial charge in [-0.1, -0.05) is 13.8 Å². The minimum atomic E-state index is -4.44. The van der Waals surface area contributed by atoms with E-state index in [1.54, 1.807) is 20.8 Å². The summed E-state index contributed by atoms with van der Waals surface area (Å²) in [5, 5.41) is 29.2. The van der Waals surface area contributed by atoms with Gasteiger partial charge in [0.25, 0.3) is 0 Å². The lowest BCUT2D eigenvalue weighted by Crippen LogP contribution is -2.40. The highest BCUT2D eigenvalue weighted by Crippen LogP contribution is 2.59. The molecule has 30 heavy (non-hydrogen) atoms. The third-order valence-corrected chi connectivity index (χ3v) is 8.60. The third-order valence-electron chi connectivity index (χ3n) is 5.55. The highest BCUT2D eigenvalue weighted by Gasteiger charge is 2.50. The summed E-state index contributed by atoms with van der Waals surface area (Å²) in [5.74, 6) is 0.0371. The molecular formula is C17H29IN3O8P. The molecule has 1 unspecified atom stereocenters. The van der Waals surface area contributed by atoms with Crippen molar-refractivity contribution in [3.63, 3.8) is 0 Å². The van der Waals surface area contributed by atoms with Crippen LogP contribution in [0.3, 0.4) is 0 Å². The molecule has 0 saturated carbocycles. The van der Waals surface area contributed by atoms with Crippen molar-refractivity contribution in [2.24, 2.45) is 0 Å². The Bertz CT molecular complexity index is 881. The van der Waals surface area contributed by atoms with E-state index in [4.69, 9.17) is 15.0 Å². The fraction of sp³-hybridized carbons (Fsp3) is 0.765. The summed E-state index contributed by atoms with van der Waals surface area (Å²) in [6, 6.07) is 0. The Hall–Kier alpha value is -0.600. The number of halogens is 1. The van der Waals surface area contributed by atoms with Crippen molar-refractivity contribution in [1.29, 1.82) is 0 Å². The van der Waals surface area contributed by atoms with Gasteiger partial charge in [-0.3, -0.25) is 9.13 Å². The molecule has 13 heteroatoms. The monoisotopic (exact) mass is 561 g/mol. The molecule has 1 aromatic heterocycles. The zero-order valence-electron chi connectivity index (χ0n) is 17.2. The SMILES string of the molecule is CC[C@](C)(C[C@H]1O[C@@H](n2cc(I)c(N)nc2=O)[C@H](O)[C@@H]1O)OP(=O)(O)[C@@](C)(O)CC. The topological polar surface area (TPSA) is 177 Å². The number of anilines is 1. The van der Waals surface area contributed by atoms with Crippen molar-refractivity contribution in [2.75, 3.05) is 5.73 Å². The van der Waals surface area contributed by atoms with E-state index in [1.807, 2.05) is 22.6 Å². The minimum Gasteiger partial charge on any atom is -0.388 e. The molecule has 0 radical (unpaired) electrons. The van der Waals surface area contributed by atoms with E-state index < -0.39 is 48.8 Å². The number of rotatable bonds is 8. The molecule has 0 aromatic carbocycles. The molecule has 1 aromatic rings. The van der Waals surface area contributed by atoms with Crippen molar-refractivity contribution >= 4 is 36.0 Å². The van der Waals surface area contributed by atoms with Crippen LogP contribution in [0.25, 0.3) is 0 Å². The van der Waals surface area contributed by atoms with Crippen molar-refractivity contribution in [3.8, 4) is 0 Å². The summed E-state index contributed by atoms with van der Waals surface area (Å²) in [5.41, 5.74) is 3.60. The zero-order valence-corrected chi connectivity index (χ0v) is 20.3. The fourth-order valence-electron chi connectivity index (χ4n) is 3.04. The number of aliphatic hydroxyl groups excluding tert-OH is 2. The van der Waals surface area contributed by atoms with Gasteiger partial charge in [-0.25, -0.2) is 4.79 Å². The average molecular weight is 561 g/mol. The molecule has 1 saturated heterocycles. The standard InChI is InChI=1S/C17H29IN3O8P/c1-5-16(3,29-30(26,27)17(4,25)6-2)7-10-11(22)12(23)14(28-10)21-8-9(18)13(19)20-15(21)24/h8,10-12,14,22-23,25H,5-7H2,1-4H3,(H,26,27)(H2,19,20,24)/t10-,11-,12-,14-,16-,17-/m1/s1. The number of nitrogens with zero attached hydrogens (tertiary/aromatic N) is 2. The summed E-state index contributed by atoms with van der Waals surface area (Å²) >= 11 is 1.88. The predicted octanol–water partition coefficient (Wildman–Crippen LogP) is 0.929. The molecular weight excluding hydrogens is 532 g/mol. The number of aromatic nitrogens is 2. The van der Waals surface area contributed by atoms with Crippen LogP contribution in [0, 0.1) is 3.57 Å². The van der Waals surface area contributed by atoms with Crippen molar-refractivity contribution in [2.45, 2.75) is 82.4 Å². The second kappa shape index (κ2) is 9.10. The molecule has 2 rings (SSSR count). The van der Waals surface area contributed by atoms with E-state index in [1.165, 1.54) is 13.1 Å². The fourth-order valence-corrected chi connectivity index (χ4v) is 4.85. The Labute approximate surface area is 187 Å². The molecule has 11 nitrogen and oxygen atoms in total. The third kappa shape index (κ3) is 5.07. The lowest BCUT2D eigenvalue weighted by molar-refractivity contribution is -0.0714. The van der Waals surface area contributed by atoms with Crippen LogP contribution < -0.4 is 11.4 Å². The quantitative estimate of drug-likeness (QED) is 0.227. The van der Waals surface area contributed by atoms with Crippen LogP contribution in [0.15, 0.2) is 11.0 Å². The van der Waals surface area contributed by atoms with E-state index in [0.29, 0.717) is 3.57 Å². The largest absolute Gasteiger partial charge is 0.388 e. The van der Waals surface area contributed by atoms with E-state index in [-0.39, 0.29) is 25.1 Å². The Morgan fingerprint density at radius 3 is 2.47 bits per heavy atom. The zero-order chi connectivity index (χ0) is 23.1. The van der Waals surface area contributed by atoms with Crippen molar-refractivity contribution < 1.29 is 34.0 Å². The van der Waals surface area contributed by atoms with E-state index in [0.717, 1.165) is 4.57 Å². The second-order valence-electron chi connectivity index (χ2n) is 7.90. The molecule has 0 aliphatic carbocycles. The lowest BCUT2D eigenvalue weighted by Gasteiger charge is -2.37. The van der Waals surface area contributed by atoms with Gasteiger partial charge in [0.05, 0.1) is 15.3 Å². The maximum atomic E-state index is 12.6. The Kier molecular flexibility index (Phi) is 7.78. The van der Waals surface area contributed by atoms with Crippen LogP contribution in [0.5, 0.6) is 0 Å². The first-order chi connectivity index (χ1) is 13.7. The number of nitrogen functional groups attached to an aromatic ring is 1. The number of ether oxygens (including phenoxy) is 1. The molecule has 2 heterocycles. The van der Waals surface area contributed by atoms with Gasteiger partial charge < -0.3 is 35.2 Å². The smallest absolute Gasteiger partial charge is 0.359 e. The Morgan fingerprint density at radius 2 is 1.93 bits per heavy atom. The second-order valence-corrected chi connectivity index (χ2v) is 11.2. The molecule has 1 aliphatic heterocycles. The predicted molar refractivity (Wildman–Crippen MR) is 117 cm³/mol. The van der Waals surface area contributed by atoms with Crippen LogP contribution in [-0.2, 0) is 13.8 Å². The highest BCUT2D eigenvalue weighted by atomic mass is 127. The Balaban J connectivity index is 2.27. The summed E-state index contributed by atoms with van der Waals surface area (Å²) < 4.78 is 25.3. The van der Waals surface area contributed by atoms with Gasteiger partial charge in [-0.05, 0) is 49.3 Å². The van der Waals surface area contributed by atoms with Crippen molar-refractivity contribution in [1.82, 2.24) is 9.55 Å². The van der Waals surface area contributed by atoms with E-state index in [2.05, 4.69) is 4.98 Å². The van der Waals surface area contributed by atoms with Crippen LogP contribution in [0.2, 0.25) is 0 Å². The van der Waals surface area contributed by atoms with Gasteiger partial charge in [0, 0.05) is 12.6 Å². The average Bonchev–Trinajstić information content (AvgIpc) is 2.92. The van der Waals surface area contributed by atoms with Crippen LogP contribution in [0.4, 0.5) is 5.82 Å². The van der Waals surface area contributed by atoms with E-state index >= 15 is 0 Å². The number of hydrogen-bond donors (Lipinski definition) is 5. The number of hydrogen-bond acceptors (Lipinski definition) is 9. The van der Waals surface area contributed by atoms with Crippen LogP contribution >= 0.6 is 30.2 Å². The lowest BCUT2D eigenvalue weighted by atomic mass is 9.93. The normalized spacial score (nSPS) is 30.4. The summed E-state index contributed by atoms with van der Waals surface area (Å²) in [7, 11) is -4.44. The van der Waals surface area contributed by atoms with Gasteiger partial charge in [-0.2, -0.15) is 4.98 Å². The molecule has 1 aliphatic rings. The molecule has 7 atom stereocenters. The molecule has 172 valence electrons. The first kappa shape index (κ1) is 25.7. The molecule has 6 N–H and O–H groups in total. The van der Waals surface area contributed by atoms with Crippen molar-refractivity contribution in [3.05, 3.63) is 20.3 Å². The van der Waals surface area contributed by atoms with E-state index in [9.17, 15) is 29.6 Å². The summed E-state index contributed by atoms with van der Waals surface area (Å²) in [6.45, 7) is 6.04. The van der Waals surface area contributed by atoms with Gasteiger partial charge in [0.1, 0.15) is 18.0 Å². The van der Waals surface area contributed by atoms with Gasteiger partial charge in [-0.15, -0.1) is 0 Å². The number of aliphatic hydroxyl groups is 3. The van der Waals surface area contributed by atoms with Gasteiger partial charge >= 0.3 is 13.3 Å². The van der Waals surface area contributed by atoms with Crippen LogP contribution in [-0.4, -0.2) is 59.0 Å².